The average Bonchev–Trinajstić information content (AvgIpc) is 2.96. The van der Waals surface area contributed by atoms with Crippen molar-refractivity contribution in [1.29, 1.82) is 0 Å². The second kappa shape index (κ2) is 5.88. The van der Waals surface area contributed by atoms with Gasteiger partial charge in [-0.25, -0.2) is 0 Å². The van der Waals surface area contributed by atoms with Gasteiger partial charge in [0.25, 0.3) is 0 Å². The molecule has 3 rings (SSSR count). The Morgan fingerprint density at radius 3 is 2.29 bits per heavy atom. The van der Waals surface area contributed by atoms with E-state index < -0.39 is 5.41 Å². The third kappa shape index (κ3) is 2.67. The first-order valence-electron chi connectivity index (χ1n) is 7.29. The van der Waals surface area contributed by atoms with Gasteiger partial charge in [-0.05, 0) is 23.6 Å². The number of ether oxygens (including phenoxy) is 1. The maximum Gasteiger partial charge on any atom is 0.123 e. The van der Waals surface area contributed by atoms with Gasteiger partial charge in [0.05, 0.1) is 13.2 Å². The molecule has 0 spiro atoms. The molecule has 2 aromatic rings. The van der Waals surface area contributed by atoms with Gasteiger partial charge in [0.1, 0.15) is 11.9 Å². The van der Waals surface area contributed by atoms with Crippen LogP contribution < -0.4 is 4.74 Å². The number of benzene rings is 2. The second-order valence-electron chi connectivity index (χ2n) is 5.72. The number of hydrogen-bond acceptors (Lipinski definition) is 3. The molecule has 0 saturated heterocycles. The molecule has 2 N–H and O–H groups in total. The number of rotatable bonds is 5. The molecule has 0 saturated carbocycles. The summed E-state index contributed by atoms with van der Waals surface area (Å²) in [6.07, 6.45) is 1.41. The third-order valence-electron chi connectivity index (χ3n) is 4.32. The van der Waals surface area contributed by atoms with Crippen LogP contribution in [0.25, 0.3) is 0 Å². The molecule has 1 atom stereocenters. The largest absolute Gasteiger partial charge is 0.490 e. The molecular weight excluding hydrogens is 264 g/mol. The summed E-state index contributed by atoms with van der Waals surface area (Å²) in [5, 5.41) is 19.8. The maximum absolute atomic E-state index is 9.89. The van der Waals surface area contributed by atoms with Crippen LogP contribution in [-0.2, 0) is 11.8 Å². The van der Waals surface area contributed by atoms with Crippen molar-refractivity contribution in [2.24, 2.45) is 0 Å². The summed E-state index contributed by atoms with van der Waals surface area (Å²) in [7, 11) is 0. The van der Waals surface area contributed by atoms with Gasteiger partial charge >= 0.3 is 0 Å². The standard InChI is InChI=1S/C18H20O3/c19-12-18(13-20,15-7-2-1-3-8-15)11-16-10-14-6-4-5-9-17(14)21-16/h1-9,16,19-20H,10-13H2. The van der Waals surface area contributed by atoms with Crippen molar-refractivity contribution in [3.8, 4) is 5.75 Å². The first-order chi connectivity index (χ1) is 10.3. The zero-order chi connectivity index (χ0) is 14.7. The minimum atomic E-state index is -0.659. The monoisotopic (exact) mass is 284 g/mol. The summed E-state index contributed by atoms with van der Waals surface area (Å²) < 4.78 is 5.97. The van der Waals surface area contributed by atoms with E-state index in [0.717, 1.165) is 17.7 Å². The Labute approximate surface area is 124 Å². The second-order valence-corrected chi connectivity index (χ2v) is 5.72. The lowest BCUT2D eigenvalue weighted by Crippen LogP contribution is -2.39. The highest BCUT2D eigenvalue weighted by molar-refractivity contribution is 5.38. The fraction of sp³-hybridized carbons (Fsp3) is 0.333. The van der Waals surface area contributed by atoms with Crippen LogP contribution in [0, 0.1) is 0 Å². The molecular formula is C18H20O3. The Morgan fingerprint density at radius 1 is 0.952 bits per heavy atom. The molecule has 21 heavy (non-hydrogen) atoms. The predicted octanol–water partition coefficient (Wildman–Crippen LogP) is 2.30. The van der Waals surface area contributed by atoms with Crippen LogP contribution in [0.3, 0.4) is 0 Å². The quantitative estimate of drug-likeness (QED) is 0.886. The van der Waals surface area contributed by atoms with Gasteiger partial charge in [0.15, 0.2) is 0 Å². The van der Waals surface area contributed by atoms with E-state index in [9.17, 15) is 10.2 Å². The van der Waals surface area contributed by atoms with E-state index in [1.807, 2.05) is 48.5 Å². The van der Waals surface area contributed by atoms with E-state index >= 15 is 0 Å². The number of aliphatic hydroxyl groups excluding tert-OH is 2. The van der Waals surface area contributed by atoms with Crippen LogP contribution in [0.1, 0.15) is 17.5 Å². The maximum atomic E-state index is 9.89. The highest BCUT2D eigenvalue weighted by Crippen LogP contribution is 2.36. The van der Waals surface area contributed by atoms with Gasteiger partial charge in [-0.3, -0.25) is 0 Å². The van der Waals surface area contributed by atoms with E-state index in [1.165, 1.54) is 5.56 Å². The molecule has 110 valence electrons. The predicted molar refractivity (Wildman–Crippen MR) is 81.5 cm³/mol. The normalized spacial score (nSPS) is 17.3. The van der Waals surface area contributed by atoms with Crippen LogP contribution in [0.5, 0.6) is 5.75 Å². The number of fused-ring (bicyclic) bond motifs is 1. The average molecular weight is 284 g/mol. The molecule has 1 heterocycles. The Bertz CT molecular complexity index is 565. The number of para-hydroxylation sites is 1. The summed E-state index contributed by atoms with van der Waals surface area (Å²) in [5.41, 5.74) is 1.49. The molecule has 3 heteroatoms. The van der Waals surface area contributed by atoms with Crippen LogP contribution in [0.2, 0.25) is 0 Å². The van der Waals surface area contributed by atoms with Crippen LogP contribution in [0.15, 0.2) is 54.6 Å². The SMILES string of the molecule is OCC(CO)(CC1Cc2ccccc2O1)c1ccccc1. The molecule has 1 aliphatic heterocycles. The van der Waals surface area contributed by atoms with Gasteiger partial charge in [0, 0.05) is 11.8 Å². The summed E-state index contributed by atoms with van der Waals surface area (Å²) in [6.45, 7) is -0.187. The number of aliphatic hydroxyl groups is 2. The Hall–Kier alpha value is -1.84. The number of hydrogen-bond donors (Lipinski definition) is 2. The Balaban J connectivity index is 1.82. The van der Waals surface area contributed by atoms with E-state index in [2.05, 4.69) is 6.07 Å². The van der Waals surface area contributed by atoms with Crippen LogP contribution in [0.4, 0.5) is 0 Å². The summed E-state index contributed by atoms with van der Waals surface area (Å²) in [6, 6.07) is 17.7. The summed E-state index contributed by atoms with van der Waals surface area (Å²) >= 11 is 0. The van der Waals surface area contributed by atoms with Crippen molar-refractivity contribution >= 4 is 0 Å². The van der Waals surface area contributed by atoms with Gasteiger partial charge in [-0.15, -0.1) is 0 Å². The molecule has 0 bridgehead atoms. The molecule has 2 aromatic carbocycles. The van der Waals surface area contributed by atoms with E-state index in [-0.39, 0.29) is 19.3 Å². The molecule has 3 nitrogen and oxygen atoms in total. The van der Waals surface area contributed by atoms with Crippen LogP contribution in [-0.4, -0.2) is 29.5 Å². The molecule has 1 unspecified atom stereocenters. The fourth-order valence-corrected chi connectivity index (χ4v) is 3.07. The van der Waals surface area contributed by atoms with Crippen molar-refractivity contribution in [2.75, 3.05) is 13.2 Å². The molecule has 0 aromatic heterocycles. The minimum absolute atomic E-state index is 0.0121. The highest BCUT2D eigenvalue weighted by atomic mass is 16.5. The summed E-state index contributed by atoms with van der Waals surface area (Å²) in [4.78, 5) is 0. The van der Waals surface area contributed by atoms with E-state index in [0.29, 0.717) is 6.42 Å². The minimum Gasteiger partial charge on any atom is -0.490 e. The lowest BCUT2D eigenvalue weighted by atomic mass is 9.77. The van der Waals surface area contributed by atoms with Gasteiger partial charge in [-0.1, -0.05) is 48.5 Å². The van der Waals surface area contributed by atoms with Crippen molar-refractivity contribution in [3.05, 3.63) is 65.7 Å². The highest BCUT2D eigenvalue weighted by Gasteiger charge is 2.37. The molecule has 0 aliphatic carbocycles. The molecule has 1 aliphatic rings. The van der Waals surface area contributed by atoms with Gasteiger partial charge in [0.2, 0.25) is 0 Å². The third-order valence-corrected chi connectivity index (χ3v) is 4.32. The first-order valence-corrected chi connectivity index (χ1v) is 7.29. The Kier molecular flexibility index (Phi) is 3.95. The Morgan fingerprint density at radius 2 is 1.62 bits per heavy atom. The zero-order valence-corrected chi connectivity index (χ0v) is 11.9. The lowest BCUT2D eigenvalue weighted by molar-refractivity contribution is 0.0739. The fourth-order valence-electron chi connectivity index (χ4n) is 3.07. The van der Waals surface area contributed by atoms with Gasteiger partial charge < -0.3 is 14.9 Å². The van der Waals surface area contributed by atoms with Crippen molar-refractivity contribution < 1.29 is 14.9 Å². The zero-order valence-electron chi connectivity index (χ0n) is 11.9. The van der Waals surface area contributed by atoms with E-state index in [1.54, 1.807) is 0 Å². The van der Waals surface area contributed by atoms with Crippen molar-refractivity contribution in [2.45, 2.75) is 24.4 Å². The molecule has 0 amide bonds. The summed E-state index contributed by atoms with van der Waals surface area (Å²) in [5.74, 6) is 0.917. The van der Waals surface area contributed by atoms with Crippen molar-refractivity contribution in [1.82, 2.24) is 0 Å². The first kappa shape index (κ1) is 14.1. The van der Waals surface area contributed by atoms with E-state index in [4.69, 9.17) is 4.74 Å². The molecule has 0 radical (unpaired) electrons. The molecule has 0 fully saturated rings. The lowest BCUT2D eigenvalue weighted by Gasteiger charge is -2.32. The smallest absolute Gasteiger partial charge is 0.123 e. The van der Waals surface area contributed by atoms with Crippen LogP contribution >= 0.6 is 0 Å². The topological polar surface area (TPSA) is 49.7 Å². The van der Waals surface area contributed by atoms with Crippen molar-refractivity contribution in [3.63, 3.8) is 0 Å². The van der Waals surface area contributed by atoms with Gasteiger partial charge in [-0.2, -0.15) is 0 Å².